The van der Waals surface area contributed by atoms with Crippen LogP contribution in [-0.4, -0.2) is 35.4 Å². The van der Waals surface area contributed by atoms with Crippen LogP contribution in [0, 0.1) is 12.3 Å². The minimum absolute atomic E-state index is 0. The van der Waals surface area contributed by atoms with Crippen molar-refractivity contribution in [1.82, 2.24) is 15.2 Å². The lowest BCUT2D eigenvalue weighted by Gasteiger charge is -2.32. The molecule has 2 fully saturated rings. The highest BCUT2D eigenvalue weighted by atomic mass is 35.5. The summed E-state index contributed by atoms with van der Waals surface area (Å²) in [7, 11) is 0. The molecule has 2 aliphatic heterocycles. The number of aryl methyl sites for hydroxylation is 1. The van der Waals surface area contributed by atoms with E-state index in [-0.39, 0.29) is 17.8 Å². The second-order valence-corrected chi connectivity index (χ2v) is 6.86. The number of hydrogen-bond acceptors (Lipinski definition) is 4. The largest absolute Gasteiger partial charge is 0.335 e. The number of nitrogens with zero attached hydrogens (tertiary/aromatic N) is 2. The summed E-state index contributed by atoms with van der Waals surface area (Å²) in [6, 6.07) is 0. The van der Waals surface area contributed by atoms with Crippen LogP contribution in [0.4, 0.5) is 0 Å². The molecule has 0 unspecified atom stereocenters. The lowest BCUT2D eigenvalue weighted by atomic mass is 9.78. The van der Waals surface area contributed by atoms with Crippen molar-refractivity contribution in [1.29, 1.82) is 0 Å². The van der Waals surface area contributed by atoms with Crippen molar-refractivity contribution in [2.24, 2.45) is 5.41 Å². The van der Waals surface area contributed by atoms with Crippen molar-refractivity contribution in [3.63, 3.8) is 0 Å². The highest BCUT2D eigenvalue weighted by molar-refractivity contribution is 7.11. The van der Waals surface area contributed by atoms with Crippen LogP contribution in [-0.2, 0) is 11.3 Å². The Labute approximate surface area is 124 Å². The second-order valence-electron chi connectivity index (χ2n) is 5.54. The molecule has 6 heteroatoms. The molecule has 3 heterocycles. The highest BCUT2D eigenvalue weighted by Crippen LogP contribution is 2.39. The van der Waals surface area contributed by atoms with Crippen LogP contribution in [0.1, 0.15) is 29.1 Å². The van der Waals surface area contributed by atoms with E-state index in [1.54, 1.807) is 11.3 Å². The van der Waals surface area contributed by atoms with E-state index in [9.17, 15) is 4.79 Å². The predicted molar refractivity (Wildman–Crippen MR) is 78.7 cm³/mol. The molecule has 0 atom stereocenters. The Hall–Kier alpha value is -0.650. The van der Waals surface area contributed by atoms with Crippen LogP contribution < -0.4 is 5.32 Å². The van der Waals surface area contributed by atoms with Crippen LogP contribution in [0.2, 0.25) is 0 Å². The van der Waals surface area contributed by atoms with Gasteiger partial charge in [-0.3, -0.25) is 4.79 Å². The van der Waals surface area contributed by atoms with E-state index in [0.717, 1.165) is 43.9 Å². The van der Waals surface area contributed by atoms with Crippen LogP contribution in [0.25, 0.3) is 0 Å². The summed E-state index contributed by atoms with van der Waals surface area (Å²) in [5.74, 6) is 0.310. The van der Waals surface area contributed by atoms with E-state index >= 15 is 0 Å². The molecule has 19 heavy (non-hydrogen) atoms. The lowest BCUT2D eigenvalue weighted by molar-refractivity contribution is -0.128. The van der Waals surface area contributed by atoms with Gasteiger partial charge in [-0.05, 0) is 38.3 Å². The number of carbonyl (C=O) groups excluding carboxylic acids is 1. The zero-order valence-corrected chi connectivity index (χ0v) is 12.8. The molecule has 2 saturated heterocycles. The number of nitrogens with one attached hydrogen (secondary N) is 1. The lowest BCUT2D eigenvalue weighted by Crippen LogP contribution is -2.38. The molecule has 3 rings (SSSR count). The molecule has 1 spiro atoms. The van der Waals surface area contributed by atoms with Crippen molar-refractivity contribution in [3.8, 4) is 0 Å². The number of aromatic nitrogens is 1. The maximum Gasteiger partial charge on any atom is 0.223 e. The summed E-state index contributed by atoms with van der Waals surface area (Å²) in [5, 5.41) is 4.44. The zero-order chi connectivity index (χ0) is 12.6. The quantitative estimate of drug-likeness (QED) is 0.908. The number of carbonyl (C=O) groups is 1. The Kier molecular flexibility index (Phi) is 4.48. The fourth-order valence-corrected chi connectivity index (χ4v) is 3.86. The molecule has 0 radical (unpaired) electrons. The SMILES string of the molecule is Cc1cnc(CN2CC3(CCNCC3)CC2=O)s1.Cl. The molecule has 1 N–H and O–H groups in total. The maximum atomic E-state index is 12.1. The highest BCUT2D eigenvalue weighted by Gasteiger charge is 2.43. The summed E-state index contributed by atoms with van der Waals surface area (Å²) >= 11 is 1.69. The minimum atomic E-state index is 0. The maximum absolute atomic E-state index is 12.1. The summed E-state index contributed by atoms with van der Waals surface area (Å²) < 4.78 is 0. The van der Waals surface area contributed by atoms with Gasteiger partial charge in [0.1, 0.15) is 5.01 Å². The van der Waals surface area contributed by atoms with Gasteiger partial charge in [0.05, 0.1) is 6.54 Å². The van der Waals surface area contributed by atoms with Crippen molar-refractivity contribution in [2.45, 2.75) is 32.7 Å². The van der Waals surface area contributed by atoms with Gasteiger partial charge in [0.15, 0.2) is 0 Å². The van der Waals surface area contributed by atoms with Crippen LogP contribution >= 0.6 is 23.7 Å². The summed E-state index contributed by atoms with van der Waals surface area (Å²) in [6.45, 7) is 5.79. The Morgan fingerprint density at radius 2 is 2.21 bits per heavy atom. The van der Waals surface area contributed by atoms with Crippen molar-refractivity contribution in [3.05, 3.63) is 16.1 Å². The van der Waals surface area contributed by atoms with E-state index in [1.165, 1.54) is 4.88 Å². The van der Waals surface area contributed by atoms with E-state index in [1.807, 2.05) is 11.1 Å². The van der Waals surface area contributed by atoms with E-state index in [2.05, 4.69) is 17.2 Å². The molecular weight excluding hydrogens is 282 g/mol. The smallest absolute Gasteiger partial charge is 0.223 e. The van der Waals surface area contributed by atoms with Gasteiger partial charge < -0.3 is 10.2 Å². The molecule has 2 aliphatic rings. The molecule has 0 bridgehead atoms. The van der Waals surface area contributed by atoms with E-state index in [0.29, 0.717) is 12.5 Å². The fourth-order valence-electron chi connectivity index (χ4n) is 3.06. The topological polar surface area (TPSA) is 45.2 Å². The van der Waals surface area contributed by atoms with Crippen LogP contribution in [0.3, 0.4) is 0 Å². The number of piperidine rings is 1. The van der Waals surface area contributed by atoms with Gasteiger partial charge in [-0.2, -0.15) is 0 Å². The molecule has 0 aromatic carbocycles. The van der Waals surface area contributed by atoms with Crippen LogP contribution in [0.15, 0.2) is 6.20 Å². The first-order valence-electron chi connectivity index (χ1n) is 6.57. The Morgan fingerprint density at radius 3 is 2.84 bits per heavy atom. The molecular formula is C13H20ClN3OS. The Balaban J connectivity index is 0.00000133. The summed E-state index contributed by atoms with van der Waals surface area (Å²) in [5.41, 5.74) is 0.245. The number of thiazole rings is 1. The first kappa shape index (κ1) is 14.8. The van der Waals surface area contributed by atoms with E-state index < -0.39 is 0 Å². The fraction of sp³-hybridized carbons (Fsp3) is 0.692. The van der Waals surface area contributed by atoms with Gasteiger partial charge in [-0.25, -0.2) is 4.98 Å². The number of halogens is 1. The Bertz CT molecular complexity index is 456. The van der Waals surface area contributed by atoms with Crippen molar-refractivity contribution in [2.75, 3.05) is 19.6 Å². The standard InChI is InChI=1S/C13H19N3OS.ClH/c1-10-7-15-11(18-10)8-16-9-13(6-12(16)17)2-4-14-5-3-13;/h7,14H,2-6,8-9H2,1H3;1H. The normalized spacial score (nSPS) is 21.7. The molecule has 0 aliphatic carbocycles. The summed E-state index contributed by atoms with van der Waals surface area (Å²) in [4.78, 5) is 19.7. The average Bonchev–Trinajstić information content (AvgIpc) is 2.86. The van der Waals surface area contributed by atoms with E-state index in [4.69, 9.17) is 0 Å². The van der Waals surface area contributed by atoms with Crippen molar-refractivity contribution < 1.29 is 4.79 Å². The molecule has 1 amide bonds. The third-order valence-corrected chi connectivity index (χ3v) is 4.96. The zero-order valence-electron chi connectivity index (χ0n) is 11.1. The van der Waals surface area contributed by atoms with Gasteiger partial charge in [-0.15, -0.1) is 23.7 Å². The molecule has 1 aromatic rings. The molecule has 0 saturated carbocycles. The first-order chi connectivity index (χ1) is 8.67. The second kappa shape index (κ2) is 5.77. The third kappa shape index (κ3) is 3.09. The minimum Gasteiger partial charge on any atom is -0.335 e. The van der Waals surface area contributed by atoms with Gasteiger partial charge in [0.25, 0.3) is 0 Å². The van der Waals surface area contributed by atoms with Crippen molar-refractivity contribution >= 4 is 29.7 Å². The number of rotatable bonds is 2. The van der Waals surface area contributed by atoms with Gasteiger partial charge in [0, 0.05) is 24.0 Å². The third-order valence-electron chi connectivity index (χ3n) is 4.06. The van der Waals surface area contributed by atoms with Gasteiger partial charge >= 0.3 is 0 Å². The predicted octanol–water partition coefficient (Wildman–Crippen LogP) is 1.98. The molecule has 4 nitrogen and oxygen atoms in total. The van der Waals surface area contributed by atoms with Crippen LogP contribution in [0.5, 0.6) is 0 Å². The Morgan fingerprint density at radius 1 is 1.47 bits per heavy atom. The molecule has 106 valence electrons. The number of likely N-dealkylation sites (tertiary alicyclic amines) is 1. The van der Waals surface area contributed by atoms with Gasteiger partial charge in [0.2, 0.25) is 5.91 Å². The number of amides is 1. The summed E-state index contributed by atoms with van der Waals surface area (Å²) in [6.07, 6.45) is 4.89. The molecule has 1 aromatic heterocycles. The van der Waals surface area contributed by atoms with Gasteiger partial charge in [-0.1, -0.05) is 0 Å². The number of hydrogen-bond donors (Lipinski definition) is 1. The average molecular weight is 302 g/mol. The first-order valence-corrected chi connectivity index (χ1v) is 7.38. The monoisotopic (exact) mass is 301 g/mol.